The SMILES string of the molecule is COC(OC)C1(C)Oc2ccccc2C=C1O. The lowest BCUT2D eigenvalue weighted by molar-refractivity contribution is -0.193. The first kappa shape index (κ1) is 12.0. The summed E-state index contributed by atoms with van der Waals surface area (Å²) in [5.74, 6) is 0.789. The maximum Gasteiger partial charge on any atom is 0.213 e. The summed E-state index contributed by atoms with van der Waals surface area (Å²) in [7, 11) is 3.02. The van der Waals surface area contributed by atoms with Crippen molar-refractivity contribution in [3.8, 4) is 5.75 Å². The van der Waals surface area contributed by atoms with Crippen molar-refractivity contribution in [1.29, 1.82) is 0 Å². The van der Waals surface area contributed by atoms with Crippen LogP contribution in [0.1, 0.15) is 12.5 Å². The molecule has 0 saturated heterocycles. The van der Waals surface area contributed by atoms with E-state index in [-0.39, 0.29) is 5.76 Å². The van der Waals surface area contributed by atoms with Crippen molar-refractivity contribution in [2.24, 2.45) is 0 Å². The summed E-state index contributed by atoms with van der Waals surface area (Å²) in [6.07, 6.45) is 0.997. The maximum atomic E-state index is 10.1. The third-order valence-corrected chi connectivity index (χ3v) is 2.92. The molecule has 1 N–H and O–H groups in total. The highest BCUT2D eigenvalue weighted by Crippen LogP contribution is 2.37. The van der Waals surface area contributed by atoms with Gasteiger partial charge in [-0.3, -0.25) is 0 Å². The van der Waals surface area contributed by atoms with E-state index in [1.807, 2.05) is 24.3 Å². The smallest absolute Gasteiger partial charge is 0.213 e. The molecule has 1 aromatic rings. The van der Waals surface area contributed by atoms with E-state index in [0.29, 0.717) is 5.75 Å². The van der Waals surface area contributed by atoms with Gasteiger partial charge in [0.05, 0.1) is 0 Å². The molecule has 1 aromatic carbocycles. The summed E-state index contributed by atoms with van der Waals surface area (Å²) in [5.41, 5.74) is -0.189. The molecule has 0 aromatic heterocycles. The molecular weight excluding hydrogens is 220 g/mol. The molecule has 2 rings (SSSR count). The van der Waals surface area contributed by atoms with E-state index in [4.69, 9.17) is 14.2 Å². The highest BCUT2D eigenvalue weighted by molar-refractivity contribution is 5.62. The lowest BCUT2D eigenvalue weighted by atomic mass is 9.97. The molecule has 1 aliphatic rings. The Bertz CT molecular complexity index is 437. The first-order valence-corrected chi connectivity index (χ1v) is 5.36. The van der Waals surface area contributed by atoms with Gasteiger partial charge in [-0.1, -0.05) is 18.2 Å². The summed E-state index contributed by atoms with van der Waals surface area (Å²) in [4.78, 5) is 0. The Morgan fingerprint density at radius 2 is 1.88 bits per heavy atom. The van der Waals surface area contributed by atoms with Crippen molar-refractivity contribution in [3.05, 3.63) is 35.6 Å². The van der Waals surface area contributed by atoms with Crippen LogP contribution in [-0.2, 0) is 9.47 Å². The predicted octanol–water partition coefficient (Wildman–Crippen LogP) is 2.36. The van der Waals surface area contributed by atoms with E-state index < -0.39 is 11.9 Å². The highest BCUT2D eigenvalue weighted by atomic mass is 16.7. The Balaban J connectivity index is 2.42. The number of hydrogen-bond donors (Lipinski definition) is 1. The number of hydrogen-bond acceptors (Lipinski definition) is 4. The van der Waals surface area contributed by atoms with Crippen molar-refractivity contribution >= 4 is 6.08 Å². The molecule has 0 saturated carbocycles. The zero-order valence-corrected chi connectivity index (χ0v) is 10.1. The van der Waals surface area contributed by atoms with Gasteiger partial charge in [-0.25, -0.2) is 0 Å². The number of fused-ring (bicyclic) bond motifs is 1. The zero-order chi connectivity index (χ0) is 12.5. The molecule has 17 heavy (non-hydrogen) atoms. The van der Waals surface area contributed by atoms with Crippen molar-refractivity contribution in [3.63, 3.8) is 0 Å². The van der Waals surface area contributed by atoms with Crippen LogP contribution in [0.4, 0.5) is 0 Å². The summed E-state index contributed by atoms with van der Waals surface area (Å²) in [6, 6.07) is 7.49. The first-order chi connectivity index (χ1) is 8.11. The van der Waals surface area contributed by atoms with Crippen LogP contribution in [0.5, 0.6) is 5.75 Å². The molecule has 4 heteroatoms. The van der Waals surface area contributed by atoms with Gasteiger partial charge >= 0.3 is 0 Å². The third-order valence-electron chi connectivity index (χ3n) is 2.92. The monoisotopic (exact) mass is 236 g/mol. The second-order valence-corrected chi connectivity index (χ2v) is 4.08. The van der Waals surface area contributed by atoms with Crippen molar-refractivity contribution in [2.45, 2.75) is 18.8 Å². The van der Waals surface area contributed by atoms with E-state index in [9.17, 15) is 5.11 Å². The summed E-state index contributed by atoms with van der Waals surface area (Å²) in [5, 5.41) is 10.1. The number of aliphatic hydroxyl groups is 1. The fourth-order valence-electron chi connectivity index (χ4n) is 1.98. The van der Waals surface area contributed by atoms with Crippen molar-refractivity contribution < 1.29 is 19.3 Å². The van der Waals surface area contributed by atoms with Crippen LogP contribution in [0.25, 0.3) is 6.08 Å². The molecule has 1 atom stereocenters. The minimum atomic E-state index is -1.03. The Hall–Kier alpha value is -1.52. The second-order valence-electron chi connectivity index (χ2n) is 4.08. The highest BCUT2D eigenvalue weighted by Gasteiger charge is 2.44. The van der Waals surface area contributed by atoms with Crippen LogP contribution in [0.2, 0.25) is 0 Å². The molecule has 0 amide bonds. The standard InChI is InChI=1S/C13H16O4/c1-13(12(15-2)16-3)11(14)8-9-6-4-5-7-10(9)17-13/h4-8,12,14H,1-3H3. The van der Waals surface area contributed by atoms with Crippen LogP contribution >= 0.6 is 0 Å². The molecular formula is C13H16O4. The normalized spacial score (nSPS) is 22.9. The zero-order valence-electron chi connectivity index (χ0n) is 10.1. The average molecular weight is 236 g/mol. The summed E-state index contributed by atoms with van der Waals surface area (Å²) < 4.78 is 16.2. The molecule has 1 aliphatic heterocycles. The van der Waals surface area contributed by atoms with Crippen LogP contribution in [0.15, 0.2) is 30.0 Å². The second kappa shape index (κ2) is 4.39. The van der Waals surface area contributed by atoms with Gasteiger partial charge in [0.2, 0.25) is 11.9 Å². The number of rotatable bonds is 3. The van der Waals surface area contributed by atoms with Crippen molar-refractivity contribution in [2.75, 3.05) is 14.2 Å². The Morgan fingerprint density at radius 1 is 1.24 bits per heavy atom. The van der Waals surface area contributed by atoms with Crippen LogP contribution in [-0.4, -0.2) is 31.2 Å². The molecule has 0 bridgehead atoms. The van der Waals surface area contributed by atoms with E-state index in [1.54, 1.807) is 13.0 Å². The van der Waals surface area contributed by atoms with E-state index in [2.05, 4.69) is 0 Å². The summed E-state index contributed by atoms with van der Waals surface area (Å²) >= 11 is 0. The lowest BCUT2D eigenvalue weighted by Gasteiger charge is -2.38. The van der Waals surface area contributed by atoms with Crippen LogP contribution in [0.3, 0.4) is 0 Å². The fraction of sp³-hybridized carbons (Fsp3) is 0.385. The maximum absolute atomic E-state index is 10.1. The quantitative estimate of drug-likeness (QED) is 0.818. The van der Waals surface area contributed by atoms with Gasteiger partial charge in [-0.15, -0.1) is 0 Å². The van der Waals surface area contributed by atoms with Gasteiger partial charge in [0.15, 0.2) is 0 Å². The number of benzene rings is 1. The van der Waals surface area contributed by atoms with Gasteiger partial charge in [0, 0.05) is 19.8 Å². The molecule has 0 spiro atoms. The third kappa shape index (κ3) is 1.90. The first-order valence-electron chi connectivity index (χ1n) is 5.36. The number of ether oxygens (including phenoxy) is 3. The predicted molar refractivity (Wildman–Crippen MR) is 63.9 cm³/mol. The molecule has 1 unspecified atom stereocenters. The molecule has 0 radical (unpaired) electrons. The largest absolute Gasteiger partial charge is 0.508 e. The van der Waals surface area contributed by atoms with Gasteiger partial charge in [0.25, 0.3) is 0 Å². The Morgan fingerprint density at radius 3 is 2.53 bits per heavy atom. The number of aliphatic hydroxyl groups excluding tert-OH is 1. The van der Waals surface area contributed by atoms with E-state index >= 15 is 0 Å². The average Bonchev–Trinajstić information content (AvgIpc) is 2.32. The molecule has 1 heterocycles. The Kier molecular flexibility index (Phi) is 3.09. The molecule has 0 aliphatic carbocycles. The minimum absolute atomic E-state index is 0.0879. The molecule has 92 valence electrons. The fourth-order valence-corrected chi connectivity index (χ4v) is 1.98. The summed E-state index contributed by atoms with van der Waals surface area (Å²) in [6.45, 7) is 1.73. The lowest BCUT2D eigenvalue weighted by Crippen LogP contribution is -2.49. The molecule has 0 fully saturated rings. The van der Waals surface area contributed by atoms with Gasteiger partial charge in [-0.2, -0.15) is 0 Å². The van der Waals surface area contributed by atoms with E-state index in [1.165, 1.54) is 14.2 Å². The molecule has 4 nitrogen and oxygen atoms in total. The number of methoxy groups -OCH3 is 2. The number of para-hydroxylation sites is 1. The van der Waals surface area contributed by atoms with Crippen molar-refractivity contribution in [1.82, 2.24) is 0 Å². The Labute approximate surface area is 100 Å². The minimum Gasteiger partial charge on any atom is -0.508 e. The van der Waals surface area contributed by atoms with Gasteiger partial charge < -0.3 is 19.3 Å². The van der Waals surface area contributed by atoms with E-state index in [0.717, 1.165) is 5.56 Å². The van der Waals surface area contributed by atoms with Crippen LogP contribution in [0, 0.1) is 0 Å². The van der Waals surface area contributed by atoms with Gasteiger partial charge in [0.1, 0.15) is 11.5 Å². The van der Waals surface area contributed by atoms with Crippen LogP contribution < -0.4 is 4.74 Å². The topological polar surface area (TPSA) is 47.9 Å². The van der Waals surface area contributed by atoms with Gasteiger partial charge in [-0.05, 0) is 19.1 Å².